The number of aliphatic hydroxyl groups is 1. The van der Waals surface area contributed by atoms with E-state index in [1.54, 1.807) is 6.20 Å². The maximum Gasteiger partial charge on any atom is 0.320 e. The van der Waals surface area contributed by atoms with E-state index in [-0.39, 0.29) is 25.0 Å². The highest BCUT2D eigenvalue weighted by molar-refractivity contribution is 5.74. The fraction of sp³-hybridized carbons (Fsp3) is 0.611. The van der Waals surface area contributed by atoms with Crippen molar-refractivity contribution in [1.29, 1.82) is 0 Å². The van der Waals surface area contributed by atoms with E-state index in [1.165, 1.54) is 0 Å². The number of aliphatic hydroxyl groups excluding tert-OH is 1. The number of aliphatic carboxylic acids is 3. The van der Waals surface area contributed by atoms with Gasteiger partial charge in [-0.3, -0.25) is 9.59 Å². The van der Waals surface area contributed by atoms with Gasteiger partial charge in [0.05, 0.1) is 12.5 Å². The van der Waals surface area contributed by atoms with Gasteiger partial charge >= 0.3 is 11.9 Å². The molecule has 0 aromatic rings. The van der Waals surface area contributed by atoms with Crippen molar-refractivity contribution in [3.8, 4) is 0 Å². The van der Waals surface area contributed by atoms with Crippen molar-refractivity contribution in [3.05, 3.63) is 23.1 Å². The zero-order valence-corrected chi connectivity index (χ0v) is 16.2. The highest BCUT2D eigenvalue weighted by Gasteiger charge is 2.27. The molecule has 0 spiro atoms. The molecule has 0 aromatic carbocycles. The first kappa shape index (κ1) is 24.6. The summed E-state index contributed by atoms with van der Waals surface area (Å²) in [5.41, 5.74) is 17.6. The Bertz CT molecular complexity index is 677. The molecule has 4 unspecified atom stereocenters. The fourth-order valence-electron chi connectivity index (χ4n) is 3.14. The number of hydrogen-bond acceptors (Lipinski definition) is 8. The molecule has 4 atom stereocenters. The molecule has 1 heterocycles. The summed E-state index contributed by atoms with van der Waals surface area (Å²) in [6.45, 7) is 1.02. The maximum atomic E-state index is 11.1. The molecule has 0 saturated heterocycles. The van der Waals surface area contributed by atoms with E-state index >= 15 is 0 Å². The van der Waals surface area contributed by atoms with E-state index in [0.717, 1.165) is 4.90 Å². The first-order valence-electron chi connectivity index (χ1n) is 9.42. The van der Waals surface area contributed by atoms with Crippen LogP contribution in [0.15, 0.2) is 23.1 Å². The number of quaternary nitrogens is 1. The minimum absolute atomic E-state index is 0.0809. The normalized spacial score (nSPS) is 20.0. The molecular formula is C18H30N4O7. The second-order valence-corrected chi connectivity index (χ2v) is 7.25. The van der Waals surface area contributed by atoms with E-state index in [9.17, 15) is 24.6 Å². The molecule has 0 saturated carbocycles. The summed E-state index contributed by atoms with van der Waals surface area (Å²) in [7, 11) is 0. The van der Waals surface area contributed by atoms with Crippen LogP contribution in [0.5, 0.6) is 0 Å². The van der Waals surface area contributed by atoms with Crippen molar-refractivity contribution in [3.63, 3.8) is 0 Å². The molecule has 1 aliphatic rings. The Morgan fingerprint density at radius 1 is 1.03 bits per heavy atom. The number of carboxylic acids is 3. The number of nitrogens with one attached hydrogen (secondary N) is 1. The second-order valence-electron chi connectivity index (χ2n) is 7.25. The lowest BCUT2D eigenvalue weighted by atomic mass is 9.92. The number of nitrogens with two attached hydrogens (primary N) is 3. The summed E-state index contributed by atoms with van der Waals surface area (Å²) in [4.78, 5) is 33.5. The van der Waals surface area contributed by atoms with Crippen molar-refractivity contribution in [2.75, 3.05) is 13.1 Å². The molecule has 11 heteroatoms. The third kappa shape index (κ3) is 8.20. The van der Waals surface area contributed by atoms with Gasteiger partial charge in [-0.15, -0.1) is 0 Å². The molecule has 0 bridgehead atoms. The molecule has 1 aliphatic heterocycles. The van der Waals surface area contributed by atoms with E-state index < -0.39 is 36.0 Å². The SMILES string of the molecule is NC(CCC1=C(CC(N)C(=O)O)C(O)=C[NH+](CCCCC(N)C(=O)O)C1)C(=O)[O-]. The molecular weight excluding hydrogens is 384 g/mol. The smallest absolute Gasteiger partial charge is 0.320 e. The van der Waals surface area contributed by atoms with E-state index in [1.807, 2.05) is 0 Å². The lowest BCUT2D eigenvalue weighted by molar-refractivity contribution is -0.844. The number of carboxylic acid groups (broad SMARTS) is 3. The average molecular weight is 414 g/mol. The van der Waals surface area contributed by atoms with Gasteiger partial charge in [0.2, 0.25) is 0 Å². The van der Waals surface area contributed by atoms with Gasteiger partial charge in [0.1, 0.15) is 24.8 Å². The van der Waals surface area contributed by atoms with Crippen LogP contribution in [-0.4, -0.2) is 64.4 Å². The molecule has 164 valence electrons. The molecule has 0 fully saturated rings. The Hall–Kier alpha value is -2.47. The number of carbonyl (C=O) groups excluding carboxylic acids is 1. The van der Waals surface area contributed by atoms with E-state index in [2.05, 4.69) is 0 Å². The predicted molar refractivity (Wildman–Crippen MR) is 100 cm³/mol. The second kappa shape index (κ2) is 11.5. The Balaban J connectivity index is 2.80. The predicted octanol–water partition coefficient (Wildman–Crippen LogP) is -3.18. The zero-order chi connectivity index (χ0) is 22.1. The highest BCUT2D eigenvalue weighted by Crippen LogP contribution is 2.23. The van der Waals surface area contributed by atoms with Crippen molar-refractivity contribution in [2.24, 2.45) is 17.2 Å². The molecule has 11 nitrogen and oxygen atoms in total. The summed E-state index contributed by atoms with van der Waals surface area (Å²) in [6.07, 6.45) is 3.39. The third-order valence-corrected chi connectivity index (χ3v) is 4.90. The Morgan fingerprint density at radius 3 is 2.21 bits per heavy atom. The number of allylic oxidation sites excluding steroid dienone is 1. The summed E-state index contributed by atoms with van der Waals surface area (Å²) >= 11 is 0. The van der Waals surface area contributed by atoms with Crippen LogP contribution >= 0.6 is 0 Å². The quantitative estimate of drug-likeness (QED) is 0.150. The number of carbonyl (C=O) groups is 3. The molecule has 29 heavy (non-hydrogen) atoms. The monoisotopic (exact) mass is 414 g/mol. The maximum absolute atomic E-state index is 11.1. The average Bonchev–Trinajstić information content (AvgIpc) is 2.64. The summed E-state index contributed by atoms with van der Waals surface area (Å²) in [6, 6.07) is -3.30. The number of rotatable bonds is 13. The molecule has 0 amide bonds. The largest absolute Gasteiger partial charge is 0.548 e. The minimum Gasteiger partial charge on any atom is -0.548 e. The van der Waals surface area contributed by atoms with Gasteiger partial charge in [-0.2, -0.15) is 0 Å². The van der Waals surface area contributed by atoms with Gasteiger partial charge in [0, 0.05) is 18.0 Å². The summed E-state index contributed by atoms with van der Waals surface area (Å²) < 4.78 is 0. The van der Waals surface area contributed by atoms with Gasteiger partial charge in [0.25, 0.3) is 0 Å². The minimum atomic E-state index is -1.39. The molecule has 0 radical (unpaired) electrons. The van der Waals surface area contributed by atoms with Crippen LogP contribution in [0, 0.1) is 0 Å². The van der Waals surface area contributed by atoms with Crippen LogP contribution in [0.25, 0.3) is 0 Å². The van der Waals surface area contributed by atoms with E-state index in [4.69, 9.17) is 27.4 Å². The van der Waals surface area contributed by atoms with Crippen LogP contribution in [-0.2, 0) is 14.4 Å². The Morgan fingerprint density at radius 2 is 1.66 bits per heavy atom. The van der Waals surface area contributed by atoms with Crippen LogP contribution < -0.4 is 27.2 Å². The molecule has 1 rings (SSSR count). The van der Waals surface area contributed by atoms with Crippen LogP contribution in [0.2, 0.25) is 0 Å². The molecule has 10 N–H and O–H groups in total. The molecule has 0 aliphatic carbocycles. The van der Waals surface area contributed by atoms with Crippen molar-refractivity contribution in [2.45, 2.75) is 56.7 Å². The van der Waals surface area contributed by atoms with Gasteiger partial charge in [-0.1, -0.05) is 0 Å². The lowest BCUT2D eigenvalue weighted by Crippen LogP contribution is -3.08. The first-order valence-corrected chi connectivity index (χ1v) is 9.42. The Kier molecular flexibility index (Phi) is 9.75. The third-order valence-electron chi connectivity index (χ3n) is 4.90. The lowest BCUT2D eigenvalue weighted by Gasteiger charge is -2.26. The van der Waals surface area contributed by atoms with Crippen molar-refractivity contribution >= 4 is 17.9 Å². The van der Waals surface area contributed by atoms with Crippen molar-refractivity contribution in [1.82, 2.24) is 0 Å². The van der Waals surface area contributed by atoms with Gasteiger partial charge in [-0.25, -0.2) is 0 Å². The Labute approximate surface area is 168 Å². The first-order chi connectivity index (χ1) is 13.5. The van der Waals surface area contributed by atoms with Crippen LogP contribution in [0.1, 0.15) is 38.5 Å². The van der Waals surface area contributed by atoms with Crippen LogP contribution in [0.4, 0.5) is 0 Å². The zero-order valence-electron chi connectivity index (χ0n) is 16.2. The molecule has 0 aromatic heterocycles. The van der Waals surface area contributed by atoms with Crippen LogP contribution in [0.3, 0.4) is 0 Å². The van der Waals surface area contributed by atoms with Gasteiger partial charge < -0.3 is 47.3 Å². The van der Waals surface area contributed by atoms with Gasteiger partial charge in [0.15, 0.2) is 5.76 Å². The van der Waals surface area contributed by atoms with Crippen molar-refractivity contribution < 1.29 is 39.7 Å². The standard InChI is InChI=1S/C18H30N4O7/c19-12(16(24)25)3-1-2-6-22-8-10(4-5-13(20)17(26)27)11(15(23)9-22)7-14(21)18(28)29/h9,12-14,23H,1-8,19-21H2,(H,24,25)(H,26,27)(H,28,29). The van der Waals surface area contributed by atoms with E-state index in [0.29, 0.717) is 43.5 Å². The number of unbranched alkanes of at least 4 members (excludes halogenated alkanes) is 1. The number of hydrogen-bond donors (Lipinski definition) is 7. The topological polar surface area (TPSA) is 217 Å². The summed E-state index contributed by atoms with van der Waals surface area (Å²) in [5.74, 6) is -3.74. The van der Waals surface area contributed by atoms with Gasteiger partial charge in [-0.05, 0) is 37.7 Å². The fourth-order valence-corrected chi connectivity index (χ4v) is 3.14. The summed E-state index contributed by atoms with van der Waals surface area (Å²) in [5, 5.41) is 39.1. The highest BCUT2D eigenvalue weighted by atomic mass is 16.4.